The SMILES string of the molecule is Cn1ccnc1C(NC(=O)CCNC(=O)c1ccccc1)c1ccccc1F. The van der Waals surface area contributed by atoms with Crippen molar-refractivity contribution in [3.05, 3.63) is 89.8 Å². The number of imidazole rings is 1. The molecule has 1 heterocycles. The molecule has 0 radical (unpaired) electrons. The van der Waals surface area contributed by atoms with E-state index in [1.54, 1.807) is 66.5 Å². The summed E-state index contributed by atoms with van der Waals surface area (Å²) in [6, 6.07) is 14.3. The van der Waals surface area contributed by atoms with E-state index in [1.165, 1.54) is 6.07 Å². The lowest BCUT2D eigenvalue weighted by molar-refractivity contribution is -0.121. The normalized spacial score (nSPS) is 11.6. The summed E-state index contributed by atoms with van der Waals surface area (Å²) < 4.78 is 16.0. The smallest absolute Gasteiger partial charge is 0.251 e. The number of carbonyl (C=O) groups is 2. The molecule has 28 heavy (non-hydrogen) atoms. The van der Waals surface area contributed by atoms with Gasteiger partial charge >= 0.3 is 0 Å². The molecule has 1 atom stereocenters. The average molecular weight is 380 g/mol. The predicted octanol–water partition coefficient (Wildman–Crippen LogP) is 2.58. The lowest BCUT2D eigenvalue weighted by Gasteiger charge is -2.20. The van der Waals surface area contributed by atoms with E-state index in [2.05, 4.69) is 15.6 Å². The van der Waals surface area contributed by atoms with E-state index in [0.29, 0.717) is 17.0 Å². The van der Waals surface area contributed by atoms with E-state index in [9.17, 15) is 14.0 Å². The van der Waals surface area contributed by atoms with Crippen LogP contribution in [0.3, 0.4) is 0 Å². The van der Waals surface area contributed by atoms with Gasteiger partial charge in [0.1, 0.15) is 17.7 Å². The second-order valence-corrected chi connectivity index (χ2v) is 6.29. The summed E-state index contributed by atoms with van der Waals surface area (Å²) >= 11 is 0. The average Bonchev–Trinajstić information content (AvgIpc) is 3.13. The number of nitrogens with one attached hydrogen (secondary N) is 2. The Morgan fingerprint density at radius 1 is 1.11 bits per heavy atom. The Hall–Kier alpha value is -3.48. The van der Waals surface area contributed by atoms with E-state index in [-0.39, 0.29) is 24.8 Å². The molecule has 2 N–H and O–H groups in total. The molecule has 0 aliphatic rings. The molecule has 0 fully saturated rings. The van der Waals surface area contributed by atoms with Gasteiger partial charge < -0.3 is 15.2 Å². The van der Waals surface area contributed by atoms with Crippen LogP contribution >= 0.6 is 0 Å². The van der Waals surface area contributed by atoms with Crippen molar-refractivity contribution < 1.29 is 14.0 Å². The molecule has 0 spiro atoms. The standard InChI is InChI=1S/C21H21FN4O2/c1-26-14-13-23-20(26)19(16-9-5-6-10-17(16)22)25-18(27)11-12-24-21(28)15-7-3-2-4-8-15/h2-10,13-14,19H,11-12H2,1H3,(H,24,28)(H,25,27). The summed E-state index contributed by atoms with van der Waals surface area (Å²) in [4.78, 5) is 28.7. The minimum atomic E-state index is -0.724. The molecule has 0 saturated carbocycles. The van der Waals surface area contributed by atoms with Crippen LogP contribution in [0.5, 0.6) is 0 Å². The van der Waals surface area contributed by atoms with E-state index in [0.717, 1.165) is 0 Å². The van der Waals surface area contributed by atoms with Crippen LogP contribution in [0.1, 0.15) is 34.2 Å². The molecule has 0 aliphatic heterocycles. The summed E-state index contributed by atoms with van der Waals surface area (Å²) in [7, 11) is 1.78. The molecule has 0 saturated heterocycles. The monoisotopic (exact) mass is 380 g/mol. The molecule has 7 heteroatoms. The number of aromatic nitrogens is 2. The number of carbonyl (C=O) groups excluding carboxylic acids is 2. The number of halogens is 1. The maximum Gasteiger partial charge on any atom is 0.251 e. The summed E-state index contributed by atoms with van der Waals surface area (Å²) in [5, 5.41) is 5.52. The molecule has 0 aliphatic carbocycles. The van der Waals surface area contributed by atoms with Gasteiger partial charge in [0.15, 0.2) is 0 Å². The lowest BCUT2D eigenvalue weighted by Crippen LogP contribution is -2.34. The van der Waals surface area contributed by atoms with Gasteiger partial charge in [-0.3, -0.25) is 9.59 Å². The highest BCUT2D eigenvalue weighted by molar-refractivity contribution is 5.94. The van der Waals surface area contributed by atoms with Gasteiger partial charge in [0.05, 0.1) is 0 Å². The van der Waals surface area contributed by atoms with Crippen molar-refractivity contribution >= 4 is 11.8 Å². The topological polar surface area (TPSA) is 76.0 Å². The second kappa shape index (κ2) is 8.94. The van der Waals surface area contributed by atoms with Crippen molar-refractivity contribution in [1.29, 1.82) is 0 Å². The molecule has 1 aromatic heterocycles. The fraction of sp³-hybridized carbons (Fsp3) is 0.190. The molecular formula is C21H21FN4O2. The Kier molecular flexibility index (Phi) is 6.16. The van der Waals surface area contributed by atoms with Gasteiger partial charge in [-0.2, -0.15) is 0 Å². The van der Waals surface area contributed by atoms with Crippen LogP contribution < -0.4 is 10.6 Å². The van der Waals surface area contributed by atoms with Crippen molar-refractivity contribution in [2.75, 3.05) is 6.54 Å². The first-order valence-corrected chi connectivity index (χ1v) is 8.90. The van der Waals surface area contributed by atoms with Gasteiger partial charge in [-0.15, -0.1) is 0 Å². The number of hydrogen-bond acceptors (Lipinski definition) is 3. The molecule has 2 aromatic carbocycles. The fourth-order valence-electron chi connectivity index (χ4n) is 2.86. The largest absolute Gasteiger partial charge is 0.352 e. The van der Waals surface area contributed by atoms with Crippen LogP contribution in [-0.4, -0.2) is 27.9 Å². The zero-order chi connectivity index (χ0) is 19.9. The number of nitrogens with zero attached hydrogens (tertiary/aromatic N) is 2. The van der Waals surface area contributed by atoms with Crippen molar-refractivity contribution in [2.45, 2.75) is 12.5 Å². The Balaban J connectivity index is 1.64. The van der Waals surface area contributed by atoms with Gasteiger partial charge in [-0.25, -0.2) is 9.37 Å². The first-order valence-electron chi connectivity index (χ1n) is 8.90. The third-order valence-corrected chi connectivity index (χ3v) is 4.31. The van der Waals surface area contributed by atoms with Gasteiger partial charge in [0, 0.05) is 43.5 Å². The maximum atomic E-state index is 14.3. The number of aryl methyl sites for hydroxylation is 1. The summed E-state index contributed by atoms with van der Waals surface area (Å²) in [6.45, 7) is 0.171. The Morgan fingerprint density at radius 2 is 1.82 bits per heavy atom. The fourth-order valence-corrected chi connectivity index (χ4v) is 2.86. The molecule has 144 valence electrons. The lowest BCUT2D eigenvalue weighted by atomic mass is 10.1. The van der Waals surface area contributed by atoms with E-state index < -0.39 is 11.9 Å². The number of hydrogen-bond donors (Lipinski definition) is 2. The third-order valence-electron chi connectivity index (χ3n) is 4.31. The van der Waals surface area contributed by atoms with Crippen LogP contribution in [0.15, 0.2) is 67.0 Å². The van der Waals surface area contributed by atoms with Crippen molar-refractivity contribution in [2.24, 2.45) is 7.05 Å². The van der Waals surface area contributed by atoms with Gasteiger partial charge in [0.25, 0.3) is 5.91 Å². The molecule has 3 aromatic rings. The van der Waals surface area contributed by atoms with Crippen LogP contribution in [0.25, 0.3) is 0 Å². The quantitative estimate of drug-likeness (QED) is 0.662. The highest BCUT2D eigenvalue weighted by Gasteiger charge is 2.23. The zero-order valence-corrected chi connectivity index (χ0v) is 15.4. The Morgan fingerprint density at radius 3 is 2.50 bits per heavy atom. The van der Waals surface area contributed by atoms with Crippen molar-refractivity contribution in [3.8, 4) is 0 Å². The maximum absolute atomic E-state index is 14.3. The molecule has 2 amide bonds. The first kappa shape index (κ1) is 19.3. The molecule has 3 rings (SSSR count). The highest BCUT2D eigenvalue weighted by Crippen LogP contribution is 2.23. The number of benzene rings is 2. The van der Waals surface area contributed by atoms with E-state index in [4.69, 9.17) is 0 Å². The minimum absolute atomic E-state index is 0.0634. The highest BCUT2D eigenvalue weighted by atomic mass is 19.1. The Labute approximate surface area is 162 Å². The van der Waals surface area contributed by atoms with E-state index in [1.807, 2.05) is 6.07 Å². The minimum Gasteiger partial charge on any atom is -0.352 e. The van der Waals surface area contributed by atoms with Gasteiger partial charge in [-0.1, -0.05) is 36.4 Å². The molecular weight excluding hydrogens is 359 g/mol. The zero-order valence-electron chi connectivity index (χ0n) is 15.4. The van der Waals surface area contributed by atoms with Gasteiger partial charge in [0.2, 0.25) is 5.91 Å². The summed E-state index contributed by atoms with van der Waals surface area (Å²) in [5.41, 5.74) is 0.860. The summed E-state index contributed by atoms with van der Waals surface area (Å²) in [6.07, 6.45) is 3.39. The predicted molar refractivity (Wildman–Crippen MR) is 103 cm³/mol. The molecule has 6 nitrogen and oxygen atoms in total. The van der Waals surface area contributed by atoms with E-state index >= 15 is 0 Å². The third kappa shape index (κ3) is 4.62. The molecule has 0 bridgehead atoms. The summed E-state index contributed by atoms with van der Waals surface area (Å²) in [5.74, 6) is -0.465. The van der Waals surface area contributed by atoms with Crippen molar-refractivity contribution in [3.63, 3.8) is 0 Å². The van der Waals surface area contributed by atoms with Crippen molar-refractivity contribution in [1.82, 2.24) is 20.2 Å². The number of rotatable bonds is 7. The van der Waals surface area contributed by atoms with Crippen LogP contribution in [0.2, 0.25) is 0 Å². The second-order valence-electron chi connectivity index (χ2n) is 6.29. The van der Waals surface area contributed by atoms with Gasteiger partial charge in [-0.05, 0) is 18.2 Å². The first-order chi connectivity index (χ1) is 13.6. The Bertz CT molecular complexity index is 956. The van der Waals surface area contributed by atoms with Crippen LogP contribution in [0.4, 0.5) is 4.39 Å². The van der Waals surface area contributed by atoms with Crippen LogP contribution in [0, 0.1) is 5.82 Å². The van der Waals surface area contributed by atoms with Crippen LogP contribution in [-0.2, 0) is 11.8 Å². The molecule has 1 unspecified atom stereocenters. The number of amides is 2.